The van der Waals surface area contributed by atoms with Gasteiger partial charge in [-0.1, -0.05) is 10.2 Å². The Bertz CT molecular complexity index is 448. The molecule has 0 saturated heterocycles. The van der Waals surface area contributed by atoms with Crippen LogP contribution >= 0.6 is 0 Å². The molecule has 0 spiro atoms. The Kier molecular flexibility index (Phi) is 1.84. The quantitative estimate of drug-likeness (QED) is 0.671. The van der Waals surface area contributed by atoms with Crippen LogP contribution in [0.1, 0.15) is 11.4 Å². The highest BCUT2D eigenvalue weighted by molar-refractivity contribution is 5.16. The van der Waals surface area contributed by atoms with E-state index in [-0.39, 0.29) is 5.95 Å². The lowest BCUT2D eigenvalue weighted by Gasteiger charge is -1.98. The summed E-state index contributed by atoms with van der Waals surface area (Å²) in [7, 11) is 0. The topological polar surface area (TPSA) is 89.6 Å². The molecule has 7 nitrogen and oxygen atoms in total. The van der Waals surface area contributed by atoms with Crippen LogP contribution in [0.4, 0.5) is 0 Å². The summed E-state index contributed by atoms with van der Waals surface area (Å²) in [5.41, 5.74) is 1.75. The molecule has 2 aromatic heterocycles. The number of hydrogen-bond donors (Lipinski definition) is 1. The largest absolute Gasteiger partial charge is 0.477 e. The van der Waals surface area contributed by atoms with Gasteiger partial charge in [-0.25, -0.2) is 4.68 Å². The number of hydrogen-bond acceptors (Lipinski definition) is 6. The molecule has 2 heterocycles. The molecule has 7 heteroatoms. The maximum atomic E-state index is 8.80. The van der Waals surface area contributed by atoms with Crippen molar-refractivity contribution < 1.29 is 5.11 Å². The molecule has 0 atom stereocenters. The molecule has 0 aliphatic carbocycles. The second-order valence-corrected chi connectivity index (χ2v) is 2.84. The van der Waals surface area contributed by atoms with Crippen molar-refractivity contribution in [1.29, 1.82) is 0 Å². The molecule has 0 aromatic carbocycles. The van der Waals surface area contributed by atoms with Gasteiger partial charge < -0.3 is 5.11 Å². The van der Waals surface area contributed by atoms with Gasteiger partial charge in [0.1, 0.15) is 0 Å². The molecule has 0 bridgehead atoms. The van der Waals surface area contributed by atoms with Crippen molar-refractivity contribution in [2.24, 2.45) is 0 Å². The fraction of sp³-hybridized carbons (Fsp3) is 0.286. The van der Waals surface area contributed by atoms with Crippen LogP contribution in [0.15, 0.2) is 6.07 Å². The summed E-state index contributed by atoms with van der Waals surface area (Å²) in [5.74, 6) is 0.244. The van der Waals surface area contributed by atoms with E-state index in [1.807, 2.05) is 19.9 Å². The third-order valence-corrected chi connectivity index (χ3v) is 1.66. The fourth-order valence-electron chi connectivity index (χ4n) is 1.13. The molecule has 0 amide bonds. The van der Waals surface area contributed by atoms with Crippen LogP contribution in [-0.4, -0.2) is 35.3 Å². The zero-order chi connectivity index (χ0) is 10.1. The zero-order valence-corrected chi connectivity index (χ0v) is 7.71. The summed E-state index contributed by atoms with van der Waals surface area (Å²) < 4.78 is 1.51. The predicted molar refractivity (Wildman–Crippen MR) is 45.9 cm³/mol. The average molecular weight is 192 g/mol. The smallest absolute Gasteiger partial charge is 0.352 e. The van der Waals surface area contributed by atoms with Crippen molar-refractivity contribution >= 4 is 0 Å². The van der Waals surface area contributed by atoms with Gasteiger partial charge in [-0.3, -0.25) is 0 Å². The number of nitrogens with zero attached hydrogens (tertiary/aromatic N) is 6. The molecule has 0 radical (unpaired) electrons. The van der Waals surface area contributed by atoms with Crippen molar-refractivity contribution in [3.05, 3.63) is 17.5 Å². The lowest BCUT2D eigenvalue weighted by Crippen LogP contribution is -2.07. The van der Waals surface area contributed by atoms with Gasteiger partial charge >= 0.3 is 6.01 Å². The van der Waals surface area contributed by atoms with E-state index in [1.165, 1.54) is 4.68 Å². The Morgan fingerprint density at radius 3 is 2.29 bits per heavy atom. The van der Waals surface area contributed by atoms with E-state index in [0.717, 1.165) is 11.4 Å². The minimum absolute atomic E-state index is 0.244. The Balaban J connectivity index is 2.49. The summed E-state index contributed by atoms with van der Waals surface area (Å²) in [6, 6.07) is 1.44. The monoisotopic (exact) mass is 192 g/mol. The summed E-state index contributed by atoms with van der Waals surface area (Å²) in [6.45, 7) is 3.74. The van der Waals surface area contributed by atoms with E-state index in [0.29, 0.717) is 0 Å². The Morgan fingerprint density at radius 2 is 1.79 bits per heavy atom. The third-order valence-electron chi connectivity index (χ3n) is 1.66. The van der Waals surface area contributed by atoms with Gasteiger partial charge in [0.2, 0.25) is 0 Å². The van der Waals surface area contributed by atoms with Crippen LogP contribution in [-0.2, 0) is 0 Å². The highest BCUT2D eigenvalue weighted by Gasteiger charge is 2.07. The van der Waals surface area contributed by atoms with E-state index in [1.54, 1.807) is 0 Å². The van der Waals surface area contributed by atoms with Crippen LogP contribution in [0.3, 0.4) is 0 Å². The molecule has 1 N–H and O–H groups in total. The molecule has 0 saturated carbocycles. The highest BCUT2D eigenvalue weighted by Crippen LogP contribution is 2.05. The van der Waals surface area contributed by atoms with Gasteiger partial charge in [-0.15, -0.1) is 10.2 Å². The minimum Gasteiger partial charge on any atom is -0.477 e. The van der Waals surface area contributed by atoms with E-state index in [2.05, 4.69) is 25.5 Å². The van der Waals surface area contributed by atoms with E-state index < -0.39 is 6.01 Å². The van der Waals surface area contributed by atoms with Gasteiger partial charge in [0, 0.05) is 5.69 Å². The molecule has 0 unspecified atom stereocenters. The van der Waals surface area contributed by atoms with E-state index in [4.69, 9.17) is 5.11 Å². The van der Waals surface area contributed by atoms with Crippen LogP contribution in [0, 0.1) is 13.8 Å². The molecule has 0 aliphatic heterocycles. The first-order valence-corrected chi connectivity index (χ1v) is 3.97. The number of aryl methyl sites for hydroxylation is 2. The summed E-state index contributed by atoms with van der Waals surface area (Å²) in [5, 5.41) is 27.0. The third kappa shape index (κ3) is 1.39. The normalized spacial score (nSPS) is 10.4. The highest BCUT2D eigenvalue weighted by atomic mass is 16.3. The second kappa shape index (κ2) is 3.02. The predicted octanol–water partition coefficient (Wildman–Crippen LogP) is -0.225. The van der Waals surface area contributed by atoms with Crippen molar-refractivity contribution in [2.75, 3.05) is 0 Å². The van der Waals surface area contributed by atoms with Crippen molar-refractivity contribution in [3.63, 3.8) is 0 Å². The van der Waals surface area contributed by atoms with E-state index >= 15 is 0 Å². The Hall–Kier alpha value is -2.05. The van der Waals surface area contributed by atoms with Gasteiger partial charge in [-0.05, 0) is 19.9 Å². The Morgan fingerprint density at radius 1 is 1.14 bits per heavy atom. The van der Waals surface area contributed by atoms with Gasteiger partial charge in [-0.2, -0.15) is 5.10 Å². The van der Waals surface area contributed by atoms with Crippen molar-refractivity contribution in [2.45, 2.75) is 13.8 Å². The average Bonchev–Trinajstić information content (AvgIpc) is 2.47. The number of aromatic hydroxyl groups is 1. The first-order chi connectivity index (χ1) is 6.66. The van der Waals surface area contributed by atoms with Crippen LogP contribution in [0.2, 0.25) is 0 Å². The summed E-state index contributed by atoms with van der Waals surface area (Å²) >= 11 is 0. The van der Waals surface area contributed by atoms with Gasteiger partial charge in [0.15, 0.2) is 0 Å². The van der Waals surface area contributed by atoms with Crippen molar-refractivity contribution in [1.82, 2.24) is 30.2 Å². The second-order valence-electron chi connectivity index (χ2n) is 2.84. The van der Waals surface area contributed by atoms with Gasteiger partial charge in [0.25, 0.3) is 5.95 Å². The summed E-state index contributed by atoms with van der Waals surface area (Å²) in [4.78, 5) is 0. The molecule has 2 aromatic rings. The molecule has 2 rings (SSSR count). The van der Waals surface area contributed by atoms with Crippen LogP contribution < -0.4 is 0 Å². The first kappa shape index (κ1) is 8.54. The standard InChI is InChI=1S/C7H8N6O/c1-4-3-5(2)13(12-4)6-8-10-7(14)11-9-6/h3H,1-2H3,(H,10,11,14). The summed E-state index contributed by atoms with van der Waals surface area (Å²) in [6.07, 6.45) is 0. The van der Waals surface area contributed by atoms with Crippen molar-refractivity contribution in [3.8, 4) is 12.0 Å². The minimum atomic E-state index is -0.449. The SMILES string of the molecule is Cc1cc(C)n(-c2nnc(O)nn2)n1. The zero-order valence-electron chi connectivity index (χ0n) is 7.71. The molecular weight excluding hydrogens is 184 g/mol. The lowest BCUT2D eigenvalue weighted by atomic mass is 10.4. The first-order valence-electron chi connectivity index (χ1n) is 3.97. The number of aromatic nitrogens is 6. The molecular formula is C7H8N6O. The fourth-order valence-corrected chi connectivity index (χ4v) is 1.13. The molecule has 0 aliphatic rings. The molecule has 14 heavy (non-hydrogen) atoms. The Labute approximate surface area is 79.4 Å². The molecule has 0 fully saturated rings. The maximum absolute atomic E-state index is 8.80. The number of rotatable bonds is 1. The van der Waals surface area contributed by atoms with Gasteiger partial charge in [0.05, 0.1) is 5.69 Å². The van der Waals surface area contributed by atoms with Crippen LogP contribution in [0.25, 0.3) is 5.95 Å². The maximum Gasteiger partial charge on any atom is 0.352 e. The molecule has 72 valence electrons. The van der Waals surface area contributed by atoms with Crippen LogP contribution in [0.5, 0.6) is 6.01 Å². The lowest BCUT2D eigenvalue weighted by molar-refractivity contribution is 0.408. The van der Waals surface area contributed by atoms with E-state index in [9.17, 15) is 0 Å².